The predicted molar refractivity (Wildman–Crippen MR) is 53.0 cm³/mol. The van der Waals surface area contributed by atoms with E-state index in [1.54, 1.807) is 0 Å². The van der Waals surface area contributed by atoms with Crippen LogP contribution in [-0.2, 0) is 4.74 Å². The number of hydrogen-bond donors (Lipinski definition) is 1. The van der Waals surface area contributed by atoms with Gasteiger partial charge in [-0.1, -0.05) is 0 Å². The van der Waals surface area contributed by atoms with Gasteiger partial charge in [0.05, 0.1) is 12.2 Å². The molecule has 5 heteroatoms. The summed E-state index contributed by atoms with van der Waals surface area (Å²) >= 11 is 0. The van der Waals surface area contributed by atoms with Crippen LogP contribution in [0.4, 0.5) is 8.78 Å². The Kier molecular flexibility index (Phi) is 4.85. The molecule has 0 aliphatic carbocycles. The van der Waals surface area contributed by atoms with Crippen molar-refractivity contribution >= 4 is 5.97 Å². The molecule has 0 spiro atoms. The highest BCUT2D eigenvalue weighted by molar-refractivity contribution is 5.89. The van der Waals surface area contributed by atoms with Gasteiger partial charge in [0.2, 0.25) is 0 Å². The highest BCUT2D eigenvalue weighted by Gasteiger charge is 2.10. The molecule has 1 rings (SSSR count). The van der Waals surface area contributed by atoms with Gasteiger partial charge in [0.15, 0.2) is 11.6 Å². The summed E-state index contributed by atoms with van der Waals surface area (Å²) in [5.74, 6) is -2.78. The molecule has 3 nitrogen and oxygen atoms in total. The zero-order valence-electron chi connectivity index (χ0n) is 8.58. The van der Waals surface area contributed by atoms with Crippen LogP contribution in [0.5, 0.6) is 0 Å². The Morgan fingerprint density at radius 3 is 2.62 bits per heavy atom. The summed E-state index contributed by atoms with van der Waals surface area (Å²) < 4.78 is 30.1. The molecule has 0 fully saturated rings. The summed E-state index contributed by atoms with van der Waals surface area (Å²) in [4.78, 5) is 11.3. The third-order valence-electron chi connectivity index (χ3n) is 1.94. The van der Waals surface area contributed by atoms with Crippen molar-refractivity contribution in [3.63, 3.8) is 0 Å². The summed E-state index contributed by atoms with van der Waals surface area (Å²) in [5.41, 5.74) is -0.0251. The van der Waals surface area contributed by atoms with Gasteiger partial charge in [-0.05, 0) is 31.0 Å². The van der Waals surface area contributed by atoms with E-state index in [2.05, 4.69) is 0 Å². The number of esters is 1. The molecular formula is C11H12F2O3. The second kappa shape index (κ2) is 6.17. The molecule has 0 bridgehead atoms. The maximum Gasteiger partial charge on any atom is 0.338 e. The van der Waals surface area contributed by atoms with Gasteiger partial charge >= 0.3 is 5.97 Å². The van der Waals surface area contributed by atoms with Crippen molar-refractivity contribution in [2.75, 3.05) is 13.2 Å². The summed E-state index contributed by atoms with van der Waals surface area (Å²) in [6.07, 6.45) is 1.07. The van der Waals surface area contributed by atoms with Crippen LogP contribution in [0.15, 0.2) is 18.2 Å². The van der Waals surface area contributed by atoms with E-state index in [4.69, 9.17) is 9.84 Å². The SMILES string of the molecule is O=C(OCCCCO)c1ccc(F)c(F)c1. The van der Waals surface area contributed by atoms with Crippen LogP contribution >= 0.6 is 0 Å². The molecule has 0 atom stereocenters. The Bertz CT molecular complexity index is 366. The number of aliphatic hydroxyl groups is 1. The Labute approximate surface area is 91.7 Å². The van der Waals surface area contributed by atoms with Gasteiger partial charge in [-0.25, -0.2) is 13.6 Å². The third kappa shape index (κ3) is 3.58. The summed E-state index contributed by atoms with van der Waals surface area (Å²) in [6.45, 7) is 0.182. The maximum atomic E-state index is 12.8. The van der Waals surface area contributed by atoms with Crippen LogP contribution in [0.2, 0.25) is 0 Å². The number of carbonyl (C=O) groups is 1. The number of hydrogen-bond acceptors (Lipinski definition) is 3. The maximum absolute atomic E-state index is 12.8. The van der Waals surface area contributed by atoms with E-state index < -0.39 is 17.6 Å². The van der Waals surface area contributed by atoms with Crippen LogP contribution in [0, 0.1) is 11.6 Å². The second-order valence-corrected chi connectivity index (χ2v) is 3.20. The molecule has 0 aromatic heterocycles. The Hall–Kier alpha value is -1.49. The van der Waals surface area contributed by atoms with Crippen molar-refractivity contribution < 1.29 is 23.4 Å². The van der Waals surface area contributed by atoms with E-state index in [9.17, 15) is 13.6 Å². The molecule has 0 aliphatic heterocycles. The molecule has 0 unspecified atom stereocenters. The molecule has 16 heavy (non-hydrogen) atoms. The Morgan fingerprint density at radius 1 is 1.25 bits per heavy atom. The molecule has 0 heterocycles. The minimum absolute atomic E-state index is 0.0251. The van der Waals surface area contributed by atoms with Crippen LogP contribution < -0.4 is 0 Å². The first-order valence-corrected chi connectivity index (χ1v) is 4.88. The quantitative estimate of drug-likeness (QED) is 0.620. The van der Waals surface area contributed by atoms with E-state index in [1.807, 2.05) is 0 Å². The average molecular weight is 230 g/mol. The summed E-state index contributed by atoms with van der Waals surface area (Å²) in [5, 5.41) is 8.48. The topological polar surface area (TPSA) is 46.5 Å². The van der Waals surface area contributed by atoms with Crippen LogP contribution in [0.3, 0.4) is 0 Å². The molecule has 1 N–H and O–H groups in total. The molecular weight excluding hydrogens is 218 g/mol. The van der Waals surface area contributed by atoms with Crippen LogP contribution in [-0.4, -0.2) is 24.3 Å². The fraction of sp³-hybridized carbons (Fsp3) is 0.364. The van der Waals surface area contributed by atoms with Crippen LogP contribution in [0.1, 0.15) is 23.2 Å². The summed E-state index contributed by atoms with van der Waals surface area (Å²) in [7, 11) is 0. The van der Waals surface area contributed by atoms with Crippen molar-refractivity contribution in [3.05, 3.63) is 35.4 Å². The van der Waals surface area contributed by atoms with E-state index >= 15 is 0 Å². The fourth-order valence-corrected chi connectivity index (χ4v) is 1.09. The molecule has 0 saturated carbocycles. The molecule has 0 saturated heterocycles. The molecule has 0 aliphatic rings. The molecule has 1 aromatic carbocycles. The number of benzene rings is 1. The second-order valence-electron chi connectivity index (χ2n) is 3.20. The van der Waals surface area contributed by atoms with Crippen LogP contribution in [0.25, 0.3) is 0 Å². The molecule has 0 radical (unpaired) electrons. The van der Waals surface area contributed by atoms with Gasteiger partial charge in [0.25, 0.3) is 0 Å². The van der Waals surface area contributed by atoms with Gasteiger partial charge in [0.1, 0.15) is 0 Å². The van der Waals surface area contributed by atoms with E-state index in [0.29, 0.717) is 12.8 Å². The molecule has 1 aromatic rings. The lowest BCUT2D eigenvalue weighted by atomic mass is 10.2. The monoisotopic (exact) mass is 230 g/mol. The molecule has 0 amide bonds. The lowest BCUT2D eigenvalue weighted by Crippen LogP contribution is -2.07. The van der Waals surface area contributed by atoms with Gasteiger partial charge in [-0.3, -0.25) is 0 Å². The lowest BCUT2D eigenvalue weighted by Gasteiger charge is -2.04. The zero-order valence-corrected chi connectivity index (χ0v) is 8.58. The fourth-order valence-electron chi connectivity index (χ4n) is 1.09. The normalized spacial score (nSPS) is 10.2. The number of ether oxygens (including phenoxy) is 1. The van der Waals surface area contributed by atoms with Crippen molar-refractivity contribution in [2.45, 2.75) is 12.8 Å². The van der Waals surface area contributed by atoms with Gasteiger partial charge in [0, 0.05) is 6.61 Å². The van der Waals surface area contributed by atoms with Gasteiger partial charge in [-0.2, -0.15) is 0 Å². The van der Waals surface area contributed by atoms with Gasteiger partial charge < -0.3 is 9.84 Å². The average Bonchev–Trinajstić information content (AvgIpc) is 2.28. The highest BCUT2D eigenvalue weighted by Crippen LogP contribution is 2.09. The first-order valence-electron chi connectivity index (χ1n) is 4.88. The van der Waals surface area contributed by atoms with E-state index in [-0.39, 0.29) is 18.8 Å². The molecule has 88 valence electrons. The van der Waals surface area contributed by atoms with Crippen molar-refractivity contribution in [2.24, 2.45) is 0 Å². The number of halogens is 2. The minimum atomic E-state index is -1.08. The third-order valence-corrected chi connectivity index (χ3v) is 1.94. The summed E-state index contributed by atoms with van der Waals surface area (Å²) in [6, 6.07) is 2.83. The minimum Gasteiger partial charge on any atom is -0.462 e. The van der Waals surface area contributed by atoms with Crippen molar-refractivity contribution in [1.29, 1.82) is 0 Å². The number of unbranched alkanes of at least 4 members (excludes halogenated alkanes) is 1. The smallest absolute Gasteiger partial charge is 0.338 e. The highest BCUT2D eigenvalue weighted by atomic mass is 19.2. The number of aliphatic hydroxyl groups excluding tert-OH is 1. The van der Waals surface area contributed by atoms with E-state index in [1.165, 1.54) is 0 Å². The standard InChI is InChI=1S/C11H12F2O3/c12-9-4-3-8(7-10(9)13)11(15)16-6-2-1-5-14/h3-4,7,14H,1-2,5-6H2. The first-order chi connectivity index (χ1) is 7.65. The Morgan fingerprint density at radius 2 is 2.00 bits per heavy atom. The lowest BCUT2D eigenvalue weighted by molar-refractivity contribution is 0.0492. The number of rotatable bonds is 5. The largest absolute Gasteiger partial charge is 0.462 e. The first kappa shape index (κ1) is 12.6. The van der Waals surface area contributed by atoms with Crippen molar-refractivity contribution in [3.8, 4) is 0 Å². The van der Waals surface area contributed by atoms with Gasteiger partial charge in [-0.15, -0.1) is 0 Å². The van der Waals surface area contributed by atoms with Crippen molar-refractivity contribution in [1.82, 2.24) is 0 Å². The Balaban J connectivity index is 2.50. The van der Waals surface area contributed by atoms with E-state index in [0.717, 1.165) is 18.2 Å². The predicted octanol–water partition coefficient (Wildman–Crippen LogP) is 1.89. The zero-order chi connectivity index (χ0) is 12.0. The number of carbonyl (C=O) groups excluding carboxylic acids is 1.